The Hall–Kier alpha value is -1.35. The summed E-state index contributed by atoms with van der Waals surface area (Å²) in [5, 5.41) is 3.72. The SMILES string of the molecule is CC(NC1CCC(C)(C)C1)c1nc2ccccc2[nH]1. The van der Waals surface area contributed by atoms with Crippen molar-refractivity contribution in [2.75, 3.05) is 0 Å². The van der Waals surface area contributed by atoms with Gasteiger partial charge in [-0.1, -0.05) is 26.0 Å². The normalized spacial score (nSPS) is 23.8. The molecule has 19 heavy (non-hydrogen) atoms. The first-order valence-electron chi connectivity index (χ1n) is 7.24. The van der Waals surface area contributed by atoms with Crippen LogP contribution in [-0.4, -0.2) is 16.0 Å². The van der Waals surface area contributed by atoms with Crippen LogP contribution in [0, 0.1) is 5.41 Å². The van der Waals surface area contributed by atoms with Gasteiger partial charge in [0.15, 0.2) is 0 Å². The third-order valence-corrected chi connectivity index (χ3v) is 4.27. The van der Waals surface area contributed by atoms with Crippen molar-refractivity contribution in [2.24, 2.45) is 5.41 Å². The molecule has 1 saturated carbocycles. The minimum Gasteiger partial charge on any atom is -0.341 e. The third kappa shape index (κ3) is 2.66. The highest BCUT2D eigenvalue weighted by Crippen LogP contribution is 2.37. The fraction of sp³-hybridized carbons (Fsp3) is 0.562. The fourth-order valence-corrected chi connectivity index (χ4v) is 3.19. The van der Waals surface area contributed by atoms with Crippen molar-refractivity contribution in [1.29, 1.82) is 0 Å². The van der Waals surface area contributed by atoms with Crippen LogP contribution < -0.4 is 5.32 Å². The number of hydrogen-bond acceptors (Lipinski definition) is 2. The predicted octanol–water partition coefficient (Wildman–Crippen LogP) is 3.79. The number of nitrogens with zero attached hydrogens (tertiary/aromatic N) is 1. The van der Waals surface area contributed by atoms with E-state index in [-0.39, 0.29) is 6.04 Å². The lowest BCUT2D eigenvalue weighted by Gasteiger charge is -2.20. The minimum absolute atomic E-state index is 0.284. The number of fused-ring (bicyclic) bond motifs is 1. The number of aromatic amines is 1. The molecule has 1 fully saturated rings. The molecule has 3 nitrogen and oxygen atoms in total. The van der Waals surface area contributed by atoms with Gasteiger partial charge in [-0.2, -0.15) is 0 Å². The maximum atomic E-state index is 4.67. The standard InChI is InChI=1S/C16H23N3/c1-11(17-12-8-9-16(2,3)10-12)15-18-13-6-4-5-7-14(13)19-15/h4-7,11-12,17H,8-10H2,1-3H3,(H,18,19). The van der Waals surface area contributed by atoms with Gasteiger partial charge < -0.3 is 10.3 Å². The Morgan fingerprint density at radius 3 is 2.84 bits per heavy atom. The molecule has 3 heteroatoms. The quantitative estimate of drug-likeness (QED) is 0.878. The zero-order chi connectivity index (χ0) is 13.5. The Balaban J connectivity index is 1.72. The summed E-state index contributed by atoms with van der Waals surface area (Å²) in [6.45, 7) is 6.92. The Morgan fingerprint density at radius 2 is 2.16 bits per heavy atom. The number of hydrogen-bond donors (Lipinski definition) is 2. The summed E-state index contributed by atoms with van der Waals surface area (Å²) in [5.41, 5.74) is 2.67. The predicted molar refractivity (Wildman–Crippen MR) is 79.1 cm³/mol. The number of nitrogens with one attached hydrogen (secondary N) is 2. The number of para-hydroxylation sites is 2. The molecule has 1 aliphatic rings. The van der Waals surface area contributed by atoms with Crippen LogP contribution in [0.1, 0.15) is 51.9 Å². The molecule has 0 amide bonds. The Kier molecular flexibility index (Phi) is 3.09. The minimum atomic E-state index is 0.284. The van der Waals surface area contributed by atoms with Gasteiger partial charge in [0.25, 0.3) is 0 Å². The molecular weight excluding hydrogens is 234 g/mol. The van der Waals surface area contributed by atoms with Crippen LogP contribution in [-0.2, 0) is 0 Å². The van der Waals surface area contributed by atoms with Gasteiger partial charge in [0.2, 0.25) is 0 Å². The van der Waals surface area contributed by atoms with Crippen LogP contribution in [0.15, 0.2) is 24.3 Å². The lowest BCUT2D eigenvalue weighted by atomic mass is 9.92. The Labute approximate surface area is 114 Å². The van der Waals surface area contributed by atoms with Crippen LogP contribution in [0.5, 0.6) is 0 Å². The summed E-state index contributed by atoms with van der Waals surface area (Å²) in [5.74, 6) is 1.05. The average molecular weight is 257 g/mol. The summed E-state index contributed by atoms with van der Waals surface area (Å²) in [6, 6.07) is 9.12. The molecule has 0 spiro atoms. The van der Waals surface area contributed by atoms with E-state index in [2.05, 4.69) is 48.2 Å². The van der Waals surface area contributed by atoms with E-state index in [4.69, 9.17) is 0 Å². The smallest absolute Gasteiger partial charge is 0.124 e. The van der Waals surface area contributed by atoms with Crippen LogP contribution in [0.4, 0.5) is 0 Å². The van der Waals surface area contributed by atoms with Gasteiger partial charge in [-0.25, -0.2) is 4.98 Å². The highest BCUT2D eigenvalue weighted by Gasteiger charge is 2.31. The first kappa shape index (κ1) is 12.7. The zero-order valence-electron chi connectivity index (χ0n) is 12.0. The van der Waals surface area contributed by atoms with Gasteiger partial charge >= 0.3 is 0 Å². The number of benzene rings is 1. The maximum Gasteiger partial charge on any atom is 0.124 e. The molecule has 0 bridgehead atoms. The van der Waals surface area contributed by atoms with Crippen molar-refractivity contribution in [3.8, 4) is 0 Å². The fourth-order valence-electron chi connectivity index (χ4n) is 3.19. The highest BCUT2D eigenvalue weighted by atomic mass is 15.0. The molecular formula is C16H23N3. The summed E-state index contributed by atoms with van der Waals surface area (Å²) >= 11 is 0. The van der Waals surface area contributed by atoms with Gasteiger partial charge in [0.05, 0.1) is 17.1 Å². The van der Waals surface area contributed by atoms with Gasteiger partial charge in [-0.05, 0) is 43.7 Å². The van der Waals surface area contributed by atoms with E-state index in [1.807, 2.05) is 12.1 Å². The Morgan fingerprint density at radius 1 is 1.37 bits per heavy atom. The first-order chi connectivity index (χ1) is 9.03. The topological polar surface area (TPSA) is 40.7 Å². The number of rotatable bonds is 3. The molecule has 1 aliphatic carbocycles. The van der Waals surface area contributed by atoms with E-state index < -0.39 is 0 Å². The van der Waals surface area contributed by atoms with Crippen molar-refractivity contribution >= 4 is 11.0 Å². The van der Waals surface area contributed by atoms with E-state index in [0.717, 1.165) is 16.9 Å². The van der Waals surface area contributed by atoms with Gasteiger partial charge in [0, 0.05) is 6.04 Å². The van der Waals surface area contributed by atoms with Crippen molar-refractivity contribution < 1.29 is 0 Å². The Bertz CT molecular complexity index is 537. The van der Waals surface area contributed by atoms with Crippen molar-refractivity contribution in [1.82, 2.24) is 15.3 Å². The summed E-state index contributed by atoms with van der Waals surface area (Å²) < 4.78 is 0. The van der Waals surface area contributed by atoms with Crippen LogP contribution in [0.3, 0.4) is 0 Å². The second-order valence-electron chi connectivity index (χ2n) is 6.63. The van der Waals surface area contributed by atoms with Crippen LogP contribution in [0.25, 0.3) is 11.0 Å². The molecule has 102 valence electrons. The molecule has 2 aromatic rings. The second-order valence-corrected chi connectivity index (χ2v) is 6.63. The van der Waals surface area contributed by atoms with Gasteiger partial charge in [-0.15, -0.1) is 0 Å². The first-order valence-corrected chi connectivity index (χ1v) is 7.24. The number of aromatic nitrogens is 2. The molecule has 1 aromatic heterocycles. The molecule has 3 rings (SSSR count). The average Bonchev–Trinajstić information content (AvgIpc) is 2.92. The largest absolute Gasteiger partial charge is 0.341 e. The van der Waals surface area contributed by atoms with Crippen LogP contribution in [0.2, 0.25) is 0 Å². The van der Waals surface area contributed by atoms with Gasteiger partial charge in [0.1, 0.15) is 5.82 Å². The lowest BCUT2D eigenvalue weighted by molar-refractivity contribution is 0.354. The summed E-state index contributed by atoms with van der Waals surface area (Å²) in [4.78, 5) is 8.09. The molecule has 2 atom stereocenters. The molecule has 2 N–H and O–H groups in total. The number of imidazole rings is 1. The molecule has 2 unspecified atom stereocenters. The highest BCUT2D eigenvalue weighted by molar-refractivity contribution is 5.74. The molecule has 0 aliphatic heterocycles. The van der Waals surface area contributed by atoms with Crippen molar-refractivity contribution in [2.45, 2.75) is 52.1 Å². The molecule has 0 saturated heterocycles. The van der Waals surface area contributed by atoms with E-state index in [9.17, 15) is 0 Å². The second kappa shape index (κ2) is 4.64. The van der Waals surface area contributed by atoms with Crippen molar-refractivity contribution in [3.63, 3.8) is 0 Å². The number of H-pyrrole nitrogens is 1. The van der Waals surface area contributed by atoms with Crippen molar-refractivity contribution in [3.05, 3.63) is 30.1 Å². The zero-order valence-corrected chi connectivity index (χ0v) is 12.0. The molecule has 1 heterocycles. The van der Waals surface area contributed by atoms with E-state index in [0.29, 0.717) is 11.5 Å². The summed E-state index contributed by atoms with van der Waals surface area (Å²) in [6.07, 6.45) is 3.85. The third-order valence-electron chi connectivity index (χ3n) is 4.27. The lowest BCUT2D eigenvalue weighted by Crippen LogP contribution is -2.30. The maximum absolute atomic E-state index is 4.67. The van der Waals surface area contributed by atoms with E-state index in [1.165, 1.54) is 19.3 Å². The van der Waals surface area contributed by atoms with E-state index >= 15 is 0 Å². The van der Waals surface area contributed by atoms with Crippen LogP contribution >= 0.6 is 0 Å². The molecule has 1 aromatic carbocycles. The van der Waals surface area contributed by atoms with Gasteiger partial charge in [-0.3, -0.25) is 0 Å². The molecule has 0 radical (unpaired) electrons. The van der Waals surface area contributed by atoms with E-state index in [1.54, 1.807) is 0 Å². The summed E-state index contributed by atoms with van der Waals surface area (Å²) in [7, 11) is 0. The monoisotopic (exact) mass is 257 g/mol.